The van der Waals surface area contributed by atoms with E-state index >= 15 is 0 Å². The summed E-state index contributed by atoms with van der Waals surface area (Å²) in [6.07, 6.45) is 0. The molecule has 1 fully saturated rings. The minimum Gasteiger partial charge on any atom is -0.379 e. The Bertz CT molecular complexity index is 498. The fourth-order valence-corrected chi connectivity index (χ4v) is 2.02. The van der Waals surface area contributed by atoms with Gasteiger partial charge in [-0.1, -0.05) is 6.07 Å². The number of rotatable bonds is 4. The molecule has 0 atom stereocenters. The van der Waals surface area contributed by atoms with Gasteiger partial charge in [-0.15, -0.1) is 0 Å². The van der Waals surface area contributed by atoms with Gasteiger partial charge in [-0.25, -0.2) is 0 Å². The average Bonchev–Trinajstić information content (AvgIpc) is 2.39. The van der Waals surface area contributed by atoms with Crippen LogP contribution in [0.5, 0.6) is 0 Å². The fraction of sp³-hybridized carbons (Fsp3) is 0.417. The molecule has 0 unspecified atom stereocenters. The van der Waals surface area contributed by atoms with Crippen LogP contribution >= 0.6 is 0 Å². The molecule has 7 nitrogen and oxygen atoms in total. The van der Waals surface area contributed by atoms with E-state index in [4.69, 9.17) is 10.5 Å². The molecular formula is C12H15N3O4. The molecular weight excluding hydrogens is 250 g/mol. The molecule has 1 aromatic carbocycles. The van der Waals surface area contributed by atoms with Crippen LogP contribution in [-0.4, -0.2) is 42.0 Å². The first kappa shape index (κ1) is 13.4. The second-order valence-corrected chi connectivity index (χ2v) is 4.35. The van der Waals surface area contributed by atoms with E-state index in [1.807, 2.05) is 0 Å². The molecule has 2 rings (SSSR count). The van der Waals surface area contributed by atoms with Crippen molar-refractivity contribution in [2.24, 2.45) is 5.73 Å². The quantitative estimate of drug-likeness (QED) is 0.632. The van der Waals surface area contributed by atoms with Crippen LogP contribution < -0.4 is 5.73 Å². The van der Waals surface area contributed by atoms with Crippen molar-refractivity contribution in [3.63, 3.8) is 0 Å². The van der Waals surface area contributed by atoms with Crippen LogP contribution in [0.15, 0.2) is 18.2 Å². The maximum absolute atomic E-state index is 11.0. The lowest BCUT2D eigenvalue weighted by atomic mass is 10.1. The van der Waals surface area contributed by atoms with Gasteiger partial charge >= 0.3 is 0 Å². The van der Waals surface area contributed by atoms with E-state index in [2.05, 4.69) is 4.90 Å². The van der Waals surface area contributed by atoms with Gasteiger partial charge in [0.15, 0.2) is 0 Å². The highest BCUT2D eigenvalue weighted by Gasteiger charge is 2.19. The number of carbonyl (C=O) groups is 1. The fourth-order valence-electron chi connectivity index (χ4n) is 2.02. The molecule has 1 saturated heterocycles. The SMILES string of the molecule is NC(=O)c1ccc(CN2CCOCC2)c([N+](=O)[O-])c1. The summed E-state index contributed by atoms with van der Waals surface area (Å²) in [6, 6.07) is 4.34. The molecule has 0 radical (unpaired) electrons. The summed E-state index contributed by atoms with van der Waals surface area (Å²) in [7, 11) is 0. The summed E-state index contributed by atoms with van der Waals surface area (Å²) in [5.74, 6) is -0.666. The third kappa shape index (κ3) is 3.27. The van der Waals surface area contributed by atoms with Crippen molar-refractivity contribution >= 4 is 11.6 Å². The largest absolute Gasteiger partial charge is 0.379 e. The van der Waals surface area contributed by atoms with E-state index < -0.39 is 10.8 Å². The molecule has 19 heavy (non-hydrogen) atoms. The normalized spacial score (nSPS) is 16.2. The predicted octanol–water partition coefficient (Wildman–Crippen LogP) is 0.526. The van der Waals surface area contributed by atoms with Crippen molar-refractivity contribution in [1.29, 1.82) is 0 Å². The average molecular weight is 265 g/mol. The molecule has 7 heteroatoms. The van der Waals surface area contributed by atoms with Crippen molar-refractivity contribution in [2.45, 2.75) is 6.54 Å². The lowest BCUT2D eigenvalue weighted by molar-refractivity contribution is -0.385. The van der Waals surface area contributed by atoms with Gasteiger partial charge in [-0.3, -0.25) is 19.8 Å². The Hall–Kier alpha value is -1.99. The van der Waals surface area contributed by atoms with Gasteiger partial charge < -0.3 is 10.5 Å². The molecule has 102 valence electrons. The van der Waals surface area contributed by atoms with E-state index in [1.165, 1.54) is 12.1 Å². The molecule has 1 aromatic rings. The Kier molecular flexibility index (Phi) is 4.08. The maximum atomic E-state index is 11.0. The molecule has 1 aliphatic heterocycles. The molecule has 0 saturated carbocycles. The molecule has 0 bridgehead atoms. The number of hydrogen-bond acceptors (Lipinski definition) is 5. The molecule has 1 aliphatic rings. The molecule has 0 spiro atoms. The number of hydrogen-bond donors (Lipinski definition) is 1. The Morgan fingerprint density at radius 3 is 2.68 bits per heavy atom. The number of nitro groups is 1. The summed E-state index contributed by atoms with van der Waals surface area (Å²) in [5, 5.41) is 11.0. The minimum absolute atomic E-state index is 0.0669. The van der Waals surface area contributed by atoms with Crippen LogP contribution in [0.1, 0.15) is 15.9 Å². The van der Waals surface area contributed by atoms with E-state index in [-0.39, 0.29) is 11.3 Å². The molecule has 0 aromatic heterocycles. The third-order valence-corrected chi connectivity index (χ3v) is 3.06. The zero-order chi connectivity index (χ0) is 13.8. The Morgan fingerprint density at radius 1 is 1.42 bits per heavy atom. The number of benzene rings is 1. The zero-order valence-electron chi connectivity index (χ0n) is 10.4. The number of nitrogens with two attached hydrogens (primary N) is 1. The summed E-state index contributed by atoms with van der Waals surface area (Å²) in [4.78, 5) is 23.7. The van der Waals surface area contributed by atoms with Crippen LogP contribution in [0.3, 0.4) is 0 Å². The number of carbonyl (C=O) groups excluding carboxylic acids is 1. The van der Waals surface area contributed by atoms with Crippen molar-refractivity contribution < 1.29 is 14.5 Å². The van der Waals surface area contributed by atoms with Gasteiger partial charge in [-0.2, -0.15) is 0 Å². The van der Waals surface area contributed by atoms with Crippen molar-refractivity contribution in [1.82, 2.24) is 4.90 Å². The van der Waals surface area contributed by atoms with Crippen LogP contribution in [0.4, 0.5) is 5.69 Å². The van der Waals surface area contributed by atoms with Crippen molar-refractivity contribution in [3.05, 3.63) is 39.4 Å². The van der Waals surface area contributed by atoms with Crippen molar-refractivity contribution in [3.8, 4) is 0 Å². The number of primary amides is 1. The molecule has 1 amide bonds. The van der Waals surface area contributed by atoms with Gasteiger partial charge in [0.05, 0.1) is 18.1 Å². The lowest BCUT2D eigenvalue weighted by Gasteiger charge is -2.26. The van der Waals surface area contributed by atoms with E-state index in [1.54, 1.807) is 6.07 Å². The molecule has 1 heterocycles. The van der Waals surface area contributed by atoms with Gasteiger partial charge in [0, 0.05) is 36.8 Å². The number of nitrogens with zero attached hydrogens (tertiary/aromatic N) is 2. The standard InChI is InChI=1S/C12H15N3O4/c13-12(16)9-1-2-10(11(7-9)15(17)18)8-14-3-5-19-6-4-14/h1-2,7H,3-6,8H2,(H2,13,16). The number of nitro benzene ring substituents is 1. The Balaban J connectivity index is 2.23. The number of amides is 1. The van der Waals surface area contributed by atoms with Gasteiger partial charge in [0.2, 0.25) is 5.91 Å². The summed E-state index contributed by atoms with van der Waals surface area (Å²) < 4.78 is 5.23. The summed E-state index contributed by atoms with van der Waals surface area (Å²) in [5.41, 5.74) is 5.79. The van der Waals surface area contributed by atoms with Gasteiger partial charge in [-0.05, 0) is 6.07 Å². The van der Waals surface area contributed by atoms with Gasteiger partial charge in [0.25, 0.3) is 5.69 Å². The second kappa shape index (κ2) is 5.77. The number of morpholine rings is 1. The highest BCUT2D eigenvalue weighted by atomic mass is 16.6. The topological polar surface area (TPSA) is 98.7 Å². The summed E-state index contributed by atoms with van der Waals surface area (Å²) >= 11 is 0. The van der Waals surface area contributed by atoms with Crippen LogP contribution in [0.25, 0.3) is 0 Å². The van der Waals surface area contributed by atoms with E-state index in [0.29, 0.717) is 25.3 Å². The zero-order valence-corrected chi connectivity index (χ0v) is 10.4. The Morgan fingerprint density at radius 2 is 2.11 bits per heavy atom. The predicted molar refractivity (Wildman–Crippen MR) is 67.7 cm³/mol. The molecule has 2 N–H and O–H groups in total. The minimum atomic E-state index is -0.666. The lowest BCUT2D eigenvalue weighted by Crippen LogP contribution is -2.35. The third-order valence-electron chi connectivity index (χ3n) is 3.06. The first-order valence-corrected chi connectivity index (χ1v) is 5.95. The van der Waals surface area contributed by atoms with Crippen LogP contribution in [0.2, 0.25) is 0 Å². The van der Waals surface area contributed by atoms with Crippen LogP contribution in [-0.2, 0) is 11.3 Å². The van der Waals surface area contributed by atoms with Gasteiger partial charge in [0.1, 0.15) is 0 Å². The monoisotopic (exact) mass is 265 g/mol. The van der Waals surface area contributed by atoms with Crippen LogP contribution in [0, 0.1) is 10.1 Å². The summed E-state index contributed by atoms with van der Waals surface area (Å²) in [6.45, 7) is 3.22. The smallest absolute Gasteiger partial charge is 0.274 e. The first-order chi connectivity index (χ1) is 9.08. The van der Waals surface area contributed by atoms with E-state index in [0.717, 1.165) is 13.1 Å². The molecule has 0 aliphatic carbocycles. The maximum Gasteiger partial charge on any atom is 0.274 e. The second-order valence-electron chi connectivity index (χ2n) is 4.35. The Labute approximate surface area is 110 Å². The highest BCUT2D eigenvalue weighted by Crippen LogP contribution is 2.22. The first-order valence-electron chi connectivity index (χ1n) is 5.95. The van der Waals surface area contributed by atoms with Crippen molar-refractivity contribution in [2.75, 3.05) is 26.3 Å². The van der Waals surface area contributed by atoms with E-state index in [9.17, 15) is 14.9 Å². The number of ether oxygens (including phenoxy) is 1. The highest BCUT2D eigenvalue weighted by molar-refractivity contribution is 5.93.